The van der Waals surface area contributed by atoms with Gasteiger partial charge in [-0.3, -0.25) is 13.9 Å². The second kappa shape index (κ2) is 6.86. The lowest BCUT2D eigenvalue weighted by molar-refractivity contribution is -0.139. The Balaban J connectivity index is 1.91. The third-order valence-electron chi connectivity index (χ3n) is 4.74. The molecular formula is C16H21N3O6S. The third-order valence-corrected chi connectivity index (χ3v) is 6.21. The van der Waals surface area contributed by atoms with Crippen molar-refractivity contribution in [2.45, 2.75) is 23.8 Å². The molecule has 2 N–H and O–H groups in total. The van der Waals surface area contributed by atoms with Gasteiger partial charge in [0.25, 0.3) is 0 Å². The summed E-state index contributed by atoms with van der Waals surface area (Å²) in [7, 11) is -0.906. The molecule has 1 fully saturated rings. The molecule has 142 valence electrons. The van der Waals surface area contributed by atoms with Crippen LogP contribution in [0.2, 0.25) is 0 Å². The van der Waals surface area contributed by atoms with E-state index in [4.69, 9.17) is 4.74 Å². The number of aryl methyl sites for hydroxylation is 2. The van der Waals surface area contributed by atoms with Crippen molar-refractivity contribution < 1.29 is 23.1 Å². The minimum atomic E-state index is -4.05. The van der Waals surface area contributed by atoms with Crippen molar-refractivity contribution in [1.82, 2.24) is 13.9 Å². The maximum Gasteiger partial charge on any atom is 0.328 e. The molecule has 2 aromatic rings. The lowest BCUT2D eigenvalue weighted by atomic mass is 10.00. The van der Waals surface area contributed by atoms with Gasteiger partial charge in [0, 0.05) is 27.3 Å². The summed E-state index contributed by atoms with van der Waals surface area (Å²) in [5.74, 6) is -1.22. The molecule has 0 aliphatic carbocycles. The number of benzene rings is 1. The predicted octanol–water partition coefficient (Wildman–Crippen LogP) is 0.0351. The number of fused-ring (bicyclic) bond motifs is 1. The van der Waals surface area contributed by atoms with E-state index in [1.165, 1.54) is 27.3 Å². The van der Waals surface area contributed by atoms with Gasteiger partial charge in [0.15, 0.2) is 0 Å². The molecule has 1 saturated heterocycles. The second-order valence-electron chi connectivity index (χ2n) is 6.53. The lowest BCUT2D eigenvalue weighted by Gasteiger charge is -2.17. The number of imidazole rings is 1. The Morgan fingerprint density at radius 2 is 2.04 bits per heavy atom. The van der Waals surface area contributed by atoms with Crippen molar-refractivity contribution >= 4 is 27.0 Å². The summed E-state index contributed by atoms with van der Waals surface area (Å²) in [6.07, 6.45) is 0.879. The van der Waals surface area contributed by atoms with Gasteiger partial charge < -0.3 is 9.84 Å². The highest BCUT2D eigenvalue weighted by Gasteiger charge is 2.30. The highest BCUT2D eigenvalue weighted by atomic mass is 32.2. The van der Waals surface area contributed by atoms with Gasteiger partial charge in [0.2, 0.25) is 10.0 Å². The van der Waals surface area contributed by atoms with Crippen molar-refractivity contribution in [2.75, 3.05) is 13.2 Å². The average Bonchev–Trinajstić information content (AvgIpc) is 3.17. The molecule has 0 bridgehead atoms. The molecule has 10 heteroatoms. The Morgan fingerprint density at radius 1 is 1.35 bits per heavy atom. The van der Waals surface area contributed by atoms with Gasteiger partial charge in [0.1, 0.15) is 6.04 Å². The van der Waals surface area contributed by atoms with Gasteiger partial charge in [-0.1, -0.05) is 0 Å². The fourth-order valence-electron chi connectivity index (χ4n) is 3.21. The van der Waals surface area contributed by atoms with Crippen LogP contribution in [0, 0.1) is 5.92 Å². The molecular weight excluding hydrogens is 362 g/mol. The van der Waals surface area contributed by atoms with Crippen LogP contribution in [0.4, 0.5) is 0 Å². The summed E-state index contributed by atoms with van der Waals surface area (Å²) >= 11 is 0. The van der Waals surface area contributed by atoms with Crippen LogP contribution in [-0.4, -0.2) is 47.9 Å². The molecule has 2 atom stereocenters. The van der Waals surface area contributed by atoms with Crippen molar-refractivity contribution in [2.24, 2.45) is 20.0 Å². The summed E-state index contributed by atoms with van der Waals surface area (Å²) < 4.78 is 35.6. The van der Waals surface area contributed by atoms with Crippen LogP contribution in [-0.2, 0) is 33.7 Å². The number of hydrogen-bond acceptors (Lipinski definition) is 5. The van der Waals surface area contributed by atoms with E-state index in [1.54, 1.807) is 14.1 Å². The molecule has 1 aromatic heterocycles. The topological polar surface area (TPSA) is 120 Å². The summed E-state index contributed by atoms with van der Waals surface area (Å²) in [5, 5.41) is 9.38. The zero-order valence-corrected chi connectivity index (χ0v) is 15.3. The molecule has 1 aliphatic heterocycles. The molecule has 0 radical (unpaired) electrons. The zero-order chi connectivity index (χ0) is 19.1. The van der Waals surface area contributed by atoms with E-state index in [2.05, 4.69) is 4.72 Å². The Morgan fingerprint density at radius 3 is 2.65 bits per heavy atom. The maximum absolute atomic E-state index is 12.7. The van der Waals surface area contributed by atoms with Crippen LogP contribution in [0.3, 0.4) is 0 Å². The number of nitrogens with zero attached hydrogens (tertiary/aromatic N) is 2. The van der Waals surface area contributed by atoms with Crippen molar-refractivity contribution in [3.63, 3.8) is 0 Å². The third kappa shape index (κ3) is 3.39. The molecule has 26 heavy (non-hydrogen) atoms. The summed E-state index contributed by atoms with van der Waals surface area (Å²) in [4.78, 5) is 23.4. The number of aromatic nitrogens is 2. The summed E-state index contributed by atoms with van der Waals surface area (Å²) in [6, 6.07) is 3.03. The molecule has 0 amide bonds. The van der Waals surface area contributed by atoms with Crippen LogP contribution in [0.5, 0.6) is 0 Å². The Labute approximate surface area is 150 Å². The van der Waals surface area contributed by atoms with E-state index < -0.39 is 22.0 Å². The monoisotopic (exact) mass is 383 g/mol. The number of hydrogen-bond donors (Lipinski definition) is 2. The van der Waals surface area contributed by atoms with Gasteiger partial charge in [-0.05, 0) is 37.0 Å². The van der Waals surface area contributed by atoms with E-state index in [0.717, 1.165) is 0 Å². The van der Waals surface area contributed by atoms with E-state index in [0.29, 0.717) is 30.7 Å². The van der Waals surface area contributed by atoms with Crippen molar-refractivity contribution in [3.8, 4) is 0 Å². The fourth-order valence-corrected chi connectivity index (χ4v) is 4.43. The first kappa shape index (κ1) is 18.6. The van der Waals surface area contributed by atoms with Crippen LogP contribution >= 0.6 is 0 Å². The zero-order valence-electron chi connectivity index (χ0n) is 14.5. The van der Waals surface area contributed by atoms with E-state index in [1.807, 2.05) is 0 Å². The molecule has 9 nitrogen and oxygen atoms in total. The number of nitrogens with one attached hydrogen (secondary N) is 1. The number of carbonyl (C=O) groups is 1. The molecule has 1 aliphatic rings. The number of rotatable bonds is 6. The van der Waals surface area contributed by atoms with Crippen LogP contribution < -0.4 is 10.4 Å². The first-order valence-corrected chi connectivity index (χ1v) is 9.67. The van der Waals surface area contributed by atoms with Crippen LogP contribution in [0.1, 0.15) is 12.8 Å². The Bertz CT molecular complexity index is 1000. The lowest BCUT2D eigenvalue weighted by Crippen LogP contribution is -2.42. The number of carboxylic acid groups (broad SMARTS) is 1. The standard InChI is InChI=1S/C16H21N3O6S/c1-18-13-4-3-11(8-14(13)19(2)16(18)22)26(23,24)17-12(15(20)21)7-10-5-6-25-9-10/h3-4,8,10,12,17H,5-7,9H2,1-2H3,(H,20,21). The fraction of sp³-hybridized carbons (Fsp3) is 0.500. The minimum absolute atomic E-state index is 0.0104. The molecule has 1 aromatic carbocycles. The highest BCUT2D eigenvalue weighted by molar-refractivity contribution is 7.89. The molecule has 2 unspecified atom stereocenters. The largest absolute Gasteiger partial charge is 0.480 e. The summed E-state index contributed by atoms with van der Waals surface area (Å²) in [6.45, 7) is 0.992. The van der Waals surface area contributed by atoms with Gasteiger partial charge in [0.05, 0.1) is 15.9 Å². The SMILES string of the molecule is Cn1c(=O)n(C)c2cc(S(=O)(=O)NC(CC3CCOC3)C(=O)O)ccc21. The molecule has 3 rings (SSSR count). The minimum Gasteiger partial charge on any atom is -0.480 e. The van der Waals surface area contributed by atoms with Gasteiger partial charge in [-0.25, -0.2) is 13.2 Å². The van der Waals surface area contributed by atoms with Crippen molar-refractivity contribution in [3.05, 3.63) is 28.7 Å². The van der Waals surface area contributed by atoms with E-state index in [-0.39, 0.29) is 22.9 Å². The number of ether oxygens (including phenoxy) is 1. The normalized spacial score (nSPS) is 19.1. The van der Waals surface area contributed by atoms with Gasteiger partial charge in [-0.15, -0.1) is 0 Å². The number of sulfonamides is 1. The van der Waals surface area contributed by atoms with Gasteiger partial charge in [-0.2, -0.15) is 4.72 Å². The molecule has 2 heterocycles. The predicted molar refractivity (Wildman–Crippen MR) is 93.4 cm³/mol. The quantitative estimate of drug-likeness (QED) is 0.727. The van der Waals surface area contributed by atoms with E-state index in [9.17, 15) is 23.1 Å². The Hall–Kier alpha value is -2.17. The number of aliphatic carboxylic acids is 1. The maximum atomic E-state index is 12.7. The first-order valence-electron chi connectivity index (χ1n) is 8.19. The molecule has 0 saturated carbocycles. The summed E-state index contributed by atoms with van der Waals surface area (Å²) in [5.41, 5.74) is 0.776. The Kier molecular flexibility index (Phi) is 4.91. The number of carboxylic acids is 1. The van der Waals surface area contributed by atoms with Gasteiger partial charge >= 0.3 is 11.7 Å². The average molecular weight is 383 g/mol. The van der Waals surface area contributed by atoms with Crippen LogP contribution in [0.25, 0.3) is 11.0 Å². The highest BCUT2D eigenvalue weighted by Crippen LogP contribution is 2.21. The van der Waals surface area contributed by atoms with Crippen molar-refractivity contribution in [1.29, 1.82) is 0 Å². The second-order valence-corrected chi connectivity index (χ2v) is 8.24. The van der Waals surface area contributed by atoms with E-state index >= 15 is 0 Å². The van der Waals surface area contributed by atoms with Crippen LogP contribution in [0.15, 0.2) is 27.9 Å². The molecule has 0 spiro atoms. The first-order chi connectivity index (χ1) is 12.2. The smallest absolute Gasteiger partial charge is 0.328 e.